The maximum absolute atomic E-state index is 11.1. The Morgan fingerprint density at radius 3 is 2.88 bits per heavy atom. The number of amides is 1. The number of phenolic OH excluding ortho intramolecular Hbond substituents is 1. The van der Waals surface area contributed by atoms with Crippen LogP contribution in [0, 0.1) is 6.92 Å². The molecule has 1 atom stereocenters. The minimum atomic E-state index is -0.0864. The molecule has 1 aliphatic rings. The zero-order valence-corrected chi connectivity index (χ0v) is 15.5. The van der Waals surface area contributed by atoms with Crippen LogP contribution < -0.4 is 10.2 Å². The third-order valence-corrected chi connectivity index (χ3v) is 4.45. The van der Waals surface area contributed by atoms with E-state index in [1.165, 1.54) is 13.0 Å². The summed E-state index contributed by atoms with van der Waals surface area (Å²) >= 11 is 5.95. The minimum absolute atomic E-state index is 0.0759. The predicted molar refractivity (Wildman–Crippen MR) is 99.5 cm³/mol. The molecule has 0 spiro atoms. The minimum Gasteiger partial charge on any atom is -0.507 e. The van der Waals surface area contributed by atoms with E-state index in [-0.39, 0.29) is 17.8 Å². The van der Waals surface area contributed by atoms with Crippen molar-refractivity contribution in [1.82, 2.24) is 15.5 Å². The van der Waals surface area contributed by atoms with Gasteiger partial charge >= 0.3 is 0 Å². The number of aromatic hydroxyl groups is 1. The van der Waals surface area contributed by atoms with Crippen molar-refractivity contribution in [1.29, 1.82) is 0 Å². The molecule has 0 unspecified atom stereocenters. The van der Waals surface area contributed by atoms with Crippen molar-refractivity contribution < 1.29 is 14.6 Å². The average Bonchev–Trinajstić information content (AvgIpc) is 2.60. The summed E-state index contributed by atoms with van der Waals surface area (Å²) in [5.74, 6) is 0.739. The fourth-order valence-electron chi connectivity index (χ4n) is 2.99. The Bertz CT molecular complexity index is 775. The first-order chi connectivity index (χ1) is 12.4. The van der Waals surface area contributed by atoms with Gasteiger partial charge in [0.15, 0.2) is 5.82 Å². The zero-order valence-electron chi connectivity index (χ0n) is 14.7. The lowest BCUT2D eigenvalue weighted by Crippen LogP contribution is -2.47. The van der Waals surface area contributed by atoms with Crippen molar-refractivity contribution in [2.45, 2.75) is 20.0 Å². The maximum atomic E-state index is 11.1. The number of aromatic nitrogens is 2. The highest BCUT2D eigenvalue weighted by Gasteiger charge is 2.22. The molecule has 2 aromatic rings. The van der Waals surface area contributed by atoms with Gasteiger partial charge in [-0.15, -0.1) is 10.2 Å². The summed E-state index contributed by atoms with van der Waals surface area (Å²) in [4.78, 5) is 13.1. The van der Waals surface area contributed by atoms with E-state index in [1.807, 2.05) is 19.1 Å². The van der Waals surface area contributed by atoms with E-state index in [2.05, 4.69) is 20.4 Å². The first-order valence-electron chi connectivity index (χ1n) is 8.38. The number of rotatable bonds is 4. The zero-order chi connectivity index (χ0) is 18.7. The first kappa shape index (κ1) is 18.4. The monoisotopic (exact) mass is 376 g/mol. The lowest BCUT2D eigenvalue weighted by Gasteiger charge is -2.33. The first-order valence-corrected chi connectivity index (χ1v) is 8.76. The second kappa shape index (κ2) is 7.88. The molecule has 0 saturated carbocycles. The number of hydrogen-bond acceptors (Lipinski definition) is 6. The van der Waals surface area contributed by atoms with E-state index in [4.69, 9.17) is 16.3 Å². The molecule has 1 saturated heterocycles. The number of hydrogen-bond donors (Lipinski definition) is 2. The van der Waals surface area contributed by atoms with E-state index >= 15 is 0 Å². The Kier molecular flexibility index (Phi) is 5.58. The van der Waals surface area contributed by atoms with Gasteiger partial charge in [0.05, 0.1) is 18.4 Å². The summed E-state index contributed by atoms with van der Waals surface area (Å²) in [5, 5.41) is 22.0. The molecular weight excluding hydrogens is 356 g/mol. The number of benzene rings is 1. The van der Waals surface area contributed by atoms with Crippen LogP contribution >= 0.6 is 11.6 Å². The Morgan fingerprint density at radius 2 is 2.23 bits per heavy atom. The van der Waals surface area contributed by atoms with Crippen LogP contribution in [0.25, 0.3) is 11.3 Å². The Labute approximate surface area is 156 Å². The molecule has 1 aromatic heterocycles. The molecule has 7 nitrogen and oxygen atoms in total. The smallest absolute Gasteiger partial charge is 0.216 e. The largest absolute Gasteiger partial charge is 0.507 e. The van der Waals surface area contributed by atoms with E-state index < -0.39 is 0 Å². The van der Waals surface area contributed by atoms with Crippen LogP contribution in [0.15, 0.2) is 24.3 Å². The van der Waals surface area contributed by atoms with Gasteiger partial charge in [-0.05, 0) is 36.8 Å². The van der Waals surface area contributed by atoms with Crippen molar-refractivity contribution in [2.75, 3.05) is 31.1 Å². The van der Waals surface area contributed by atoms with Crippen LogP contribution in [0.4, 0.5) is 5.82 Å². The molecule has 1 aliphatic heterocycles. The molecule has 1 amide bonds. The van der Waals surface area contributed by atoms with Crippen LogP contribution in [0.5, 0.6) is 5.75 Å². The fraction of sp³-hybridized carbons (Fsp3) is 0.389. The summed E-state index contributed by atoms with van der Waals surface area (Å²) in [6.07, 6.45) is -0.0864. The highest BCUT2D eigenvalue weighted by atomic mass is 35.5. The van der Waals surface area contributed by atoms with Crippen LogP contribution in [0.3, 0.4) is 0 Å². The third-order valence-electron chi connectivity index (χ3n) is 4.23. The molecule has 0 bridgehead atoms. The van der Waals surface area contributed by atoms with E-state index in [1.54, 1.807) is 6.07 Å². The van der Waals surface area contributed by atoms with Crippen molar-refractivity contribution in [3.05, 3.63) is 34.9 Å². The van der Waals surface area contributed by atoms with Crippen molar-refractivity contribution in [3.8, 4) is 17.0 Å². The highest BCUT2D eigenvalue weighted by Crippen LogP contribution is 2.34. The SMILES string of the molecule is CC(=O)NC[C@@H]1CN(c2ccc(-c3c(C)cc(Cl)cc3O)nn2)CCO1. The molecule has 26 heavy (non-hydrogen) atoms. The van der Waals surface area contributed by atoms with Crippen LogP contribution in [-0.2, 0) is 9.53 Å². The molecule has 3 rings (SSSR count). The number of ether oxygens (including phenoxy) is 1. The summed E-state index contributed by atoms with van der Waals surface area (Å²) < 4.78 is 5.67. The molecule has 0 aliphatic carbocycles. The van der Waals surface area contributed by atoms with Gasteiger partial charge in [-0.3, -0.25) is 4.79 Å². The quantitative estimate of drug-likeness (QED) is 0.850. The number of nitrogens with zero attached hydrogens (tertiary/aromatic N) is 3. The Balaban J connectivity index is 1.74. The summed E-state index contributed by atoms with van der Waals surface area (Å²) in [6.45, 7) is 5.71. The van der Waals surface area contributed by atoms with Crippen molar-refractivity contribution in [3.63, 3.8) is 0 Å². The van der Waals surface area contributed by atoms with Crippen molar-refractivity contribution >= 4 is 23.3 Å². The highest BCUT2D eigenvalue weighted by molar-refractivity contribution is 6.31. The summed E-state index contributed by atoms with van der Waals surface area (Å²) in [7, 11) is 0. The van der Waals surface area contributed by atoms with Gasteiger partial charge in [0.2, 0.25) is 5.91 Å². The van der Waals surface area contributed by atoms with E-state index in [0.717, 1.165) is 11.4 Å². The number of nitrogens with one attached hydrogen (secondary N) is 1. The van der Waals surface area contributed by atoms with Crippen LogP contribution in [0.2, 0.25) is 5.02 Å². The lowest BCUT2D eigenvalue weighted by molar-refractivity contribution is -0.119. The molecule has 138 valence electrons. The average molecular weight is 377 g/mol. The van der Waals surface area contributed by atoms with Crippen LogP contribution in [-0.4, -0.2) is 53.6 Å². The number of aryl methyl sites for hydroxylation is 1. The second-order valence-electron chi connectivity index (χ2n) is 6.27. The number of halogens is 1. The van der Waals surface area contributed by atoms with Gasteiger partial charge in [-0.2, -0.15) is 0 Å². The van der Waals surface area contributed by atoms with E-state index in [9.17, 15) is 9.90 Å². The van der Waals surface area contributed by atoms with Gasteiger partial charge in [-0.25, -0.2) is 0 Å². The topological polar surface area (TPSA) is 87.6 Å². The lowest BCUT2D eigenvalue weighted by atomic mass is 10.0. The maximum Gasteiger partial charge on any atom is 0.216 e. The number of anilines is 1. The number of phenols is 1. The van der Waals surface area contributed by atoms with Crippen LogP contribution in [0.1, 0.15) is 12.5 Å². The molecular formula is C18H21ClN4O3. The number of carbonyl (C=O) groups excluding carboxylic acids is 1. The van der Waals surface area contributed by atoms with Gasteiger partial charge < -0.3 is 20.1 Å². The molecule has 1 aromatic carbocycles. The van der Waals surface area contributed by atoms with Gasteiger partial charge in [0, 0.05) is 37.1 Å². The molecule has 8 heteroatoms. The molecule has 0 radical (unpaired) electrons. The number of carbonyl (C=O) groups is 1. The summed E-state index contributed by atoms with van der Waals surface area (Å²) in [5.41, 5.74) is 2.04. The van der Waals surface area contributed by atoms with Gasteiger partial charge in [0.25, 0.3) is 0 Å². The van der Waals surface area contributed by atoms with Gasteiger partial charge in [0.1, 0.15) is 5.75 Å². The molecule has 2 heterocycles. The Morgan fingerprint density at radius 1 is 1.42 bits per heavy atom. The summed E-state index contributed by atoms with van der Waals surface area (Å²) in [6, 6.07) is 6.97. The third kappa shape index (κ3) is 4.23. The Hall–Kier alpha value is -2.38. The normalized spacial score (nSPS) is 17.2. The van der Waals surface area contributed by atoms with Gasteiger partial charge in [-0.1, -0.05) is 11.6 Å². The fourth-order valence-corrected chi connectivity index (χ4v) is 3.26. The van der Waals surface area contributed by atoms with E-state index in [0.29, 0.717) is 42.5 Å². The predicted octanol–water partition coefficient (Wildman–Crippen LogP) is 2.15. The second-order valence-corrected chi connectivity index (χ2v) is 6.71. The van der Waals surface area contributed by atoms with Crippen molar-refractivity contribution in [2.24, 2.45) is 0 Å². The molecule has 1 fully saturated rings. The number of morpholine rings is 1. The molecule has 2 N–H and O–H groups in total. The standard InChI is InChI=1S/C18H21ClN4O3/c1-11-7-13(19)8-16(25)18(11)15-3-4-17(22-21-15)23-5-6-26-14(10-23)9-20-12(2)24/h3-4,7-8,14,25H,5-6,9-10H2,1-2H3,(H,20,24)/t14-/m1/s1.